The number of pyridine rings is 1. The van der Waals surface area contributed by atoms with Crippen LogP contribution < -0.4 is 5.73 Å². The highest BCUT2D eigenvalue weighted by molar-refractivity contribution is 7.89. The van der Waals surface area contributed by atoms with Crippen molar-refractivity contribution in [3.8, 4) is 0 Å². The maximum atomic E-state index is 12.4. The first-order valence-electron chi connectivity index (χ1n) is 6.23. The molecule has 5 nitrogen and oxygen atoms in total. The van der Waals surface area contributed by atoms with Crippen LogP contribution in [0.2, 0.25) is 0 Å². The highest BCUT2D eigenvalue weighted by atomic mass is 32.2. The van der Waals surface area contributed by atoms with Crippen molar-refractivity contribution >= 4 is 10.0 Å². The summed E-state index contributed by atoms with van der Waals surface area (Å²) < 4.78 is 26.2. The van der Waals surface area contributed by atoms with E-state index in [4.69, 9.17) is 5.73 Å². The third-order valence-corrected chi connectivity index (χ3v) is 5.01. The molecule has 6 heteroatoms. The van der Waals surface area contributed by atoms with E-state index in [1.54, 1.807) is 6.07 Å². The summed E-state index contributed by atoms with van der Waals surface area (Å²) in [7, 11) is -3.45. The predicted molar refractivity (Wildman–Crippen MR) is 69.3 cm³/mol. The number of hydrogen-bond donors (Lipinski definition) is 1. The number of hydrogen-bond acceptors (Lipinski definition) is 4. The van der Waals surface area contributed by atoms with Crippen LogP contribution in [0, 0.1) is 5.92 Å². The molecule has 0 aliphatic heterocycles. The molecule has 0 aromatic carbocycles. The molecule has 1 aliphatic carbocycles. The van der Waals surface area contributed by atoms with Crippen molar-refractivity contribution in [1.29, 1.82) is 0 Å². The molecule has 2 rings (SSSR count). The molecule has 1 heterocycles. The average molecular weight is 269 g/mol. The second-order valence-electron chi connectivity index (χ2n) is 4.61. The van der Waals surface area contributed by atoms with Crippen molar-refractivity contribution < 1.29 is 8.42 Å². The SMILES string of the molecule is CCN(CC1CC1)S(=O)(=O)c1ccc(CN)cn1. The predicted octanol–water partition coefficient (Wildman–Crippen LogP) is 0.961. The van der Waals surface area contributed by atoms with Gasteiger partial charge in [0, 0.05) is 25.8 Å². The summed E-state index contributed by atoms with van der Waals surface area (Å²) in [6, 6.07) is 3.25. The Morgan fingerprint density at radius 3 is 2.61 bits per heavy atom. The van der Waals surface area contributed by atoms with Gasteiger partial charge in [-0.1, -0.05) is 13.0 Å². The maximum Gasteiger partial charge on any atom is 0.260 e. The van der Waals surface area contributed by atoms with Crippen molar-refractivity contribution in [2.45, 2.75) is 31.3 Å². The van der Waals surface area contributed by atoms with Crippen LogP contribution in [0.15, 0.2) is 23.4 Å². The molecule has 0 atom stereocenters. The van der Waals surface area contributed by atoms with E-state index in [0.29, 0.717) is 25.6 Å². The maximum absolute atomic E-state index is 12.4. The molecule has 0 amide bonds. The first kappa shape index (κ1) is 13.5. The largest absolute Gasteiger partial charge is 0.326 e. The van der Waals surface area contributed by atoms with Gasteiger partial charge < -0.3 is 5.73 Å². The molecule has 1 aromatic heterocycles. The van der Waals surface area contributed by atoms with E-state index in [1.165, 1.54) is 16.6 Å². The Labute approximate surface area is 108 Å². The quantitative estimate of drug-likeness (QED) is 0.834. The highest BCUT2D eigenvalue weighted by Gasteiger charge is 2.31. The molecule has 18 heavy (non-hydrogen) atoms. The van der Waals surface area contributed by atoms with Gasteiger partial charge in [0.05, 0.1) is 0 Å². The van der Waals surface area contributed by atoms with Gasteiger partial charge in [0.25, 0.3) is 10.0 Å². The molecule has 1 aliphatic rings. The molecule has 0 saturated heterocycles. The fourth-order valence-electron chi connectivity index (χ4n) is 1.80. The Morgan fingerprint density at radius 2 is 2.17 bits per heavy atom. The van der Waals surface area contributed by atoms with Gasteiger partial charge in [-0.15, -0.1) is 0 Å². The lowest BCUT2D eigenvalue weighted by Crippen LogP contribution is -2.33. The van der Waals surface area contributed by atoms with Crippen LogP contribution in [0.25, 0.3) is 0 Å². The summed E-state index contributed by atoms with van der Waals surface area (Å²) >= 11 is 0. The number of aromatic nitrogens is 1. The van der Waals surface area contributed by atoms with Crippen LogP contribution in [0.5, 0.6) is 0 Å². The Morgan fingerprint density at radius 1 is 1.44 bits per heavy atom. The Bertz CT molecular complexity index is 495. The smallest absolute Gasteiger partial charge is 0.260 e. The standard InChI is InChI=1S/C12H19N3O2S/c1-2-15(9-10-3-4-10)18(16,17)12-6-5-11(7-13)8-14-12/h5-6,8,10H,2-4,7,9,13H2,1H3. The van der Waals surface area contributed by atoms with E-state index < -0.39 is 10.0 Å². The van der Waals surface area contributed by atoms with Crippen molar-refractivity contribution in [2.75, 3.05) is 13.1 Å². The lowest BCUT2D eigenvalue weighted by molar-refractivity contribution is 0.410. The molecule has 100 valence electrons. The number of nitrogens with zero attached hydrogens (tertiary/aromatic N) is 2. The van der Waals surface area contributed by atoms with Crippen LogP contribution in [-0.2, 0) is 16.6 Å². The number of rotatable bonds is 6. The second kappa shape index (κ2) is 5.34. The first-order valence-corrected chi connectivity index (χ1v) is 7.67. The molecule has 2 N–H and O–H groups in total. The summed E-state index contributed by atoms with van der Waals surface area (Å²) in [6.07, 6.45) is 3.79. The topological polar surface area (TPSA) is 76.3 Å². The second-order valence-corrected chi connectivity index (χ2v) is 6.49. The molecule has 1 aromatic rings. The van der Waals surface area contributed by atoms with Gasteiger partial charge in [-0.2, -0.15) is 4.31 Å². The summed E-state index contributed by atoms with van der Waals surface area (Å²) in [6.45, 7) is 3.32. The fraction of sp³-hybridized carbons (Fsp3) is 0.583. The summed E-state index contributed by atoms with van der Waals surface area (Å²) in [5.74, 6) is 0.531. The summed E-state index contributed by atoms with van der Waals surface area (Å²) in [5, 5.41) is 0.113. The van der Waals surface area contributed by atoms with E-state index in [0.717, 1.165) is 18.4 Å². The molecule has 0 unspecified atom stereocenters. The molecule has 0 bridgehead atoms. The fourth-order valence-corrected chi connectivity index (χ4v) is 3.24. The third-order valence-electron chi connectivity index (χ3n) is 3.15. The van der Waals surface area contributed by atoms with E-state index in [1.807, 2.05) is 6.92 Å². The van der Waals surface area contributed by atoms with E-state index in [9.17, 15) is 8.42 Å². The molecular weight excluding hydrogens is 250 g/mol. The monoisotopic (exact) mass is 269 g/mol. The van der Waals surface area contributed by atoms with Crippen LogP contribution in [-0.4, -0.2) is 30.8 Å². The van der Waals surface area contributed by atoms with Crippen molar-refractivity contribution in [3.63, 3.8) is 0 Å². The van der Waals surface area contributed by atoms with Gasteiger partial charge in [-0.05, 0) is 30.4 Å². The minimum Gasteiger partial charge on any atom is -0.326 e. The summed E-state index contributed by atoms with van der Waals surface area (Å²) in [4.78, 5) is 4.01. The van der Waals surface area contributed by atoms with Crippen molar-refractivity contribution in [2.24, 2.45) is 11.7 Å². The lowest BCUT2D eigenvalue weighted by atomic mass is 10.3. The summed E-state index contributed by atoms with van der Waals surface area (Å²) in [5.41, 5.74) is 6.30. The zero-order valence-corrected chi connectivity index (χ0v) is 11.4. The third kappa shape index (κ3) is 2.88. The zero-order valence-electron chi connectivity index (χ0n) is 10.5. The first-order chi connectivity index (χ1) is 8.57. The minimum absolute atomic E-state index is 0.113. The van der Waals surface area contributed by atoms with Crippen LogP contribution >= 0.6 is 0 Å². The van der Waals surface area contributed by atoms with E-state index >= 15 is 0 Å². The van der Waals surface area contributed by atoms with Gasteiger partial charge in [-0.3, -0.25) is 0 Å². The normalized spacial score (nSPS) is 16.2. The zero-order chi connectivity index (χ0) is 13.2. The number of nitrogens with two attached hydrogens (primary N) is 1. The minimum atomic E-state index is -3.45. The van der Waals surface area contributed by atoms with Gasteiger partial charge >= 0.3 is 0 Å². The highest BCUT2D eigenvalue weighted by Crippen LogP contribution is 2.31. The van der Waals surface area contributed by atoms with Crippen molar-refractivity contribution in [3.05, 3.63) is 23.9 Å². The van der Waals surface area contributed by atoms with E-state index in [-0.39, 0.29) is 5.03 Å². The van der Waals surface area contributed by atoms with Gasteiger partial charge in [0.15, 0.2) is 5.03 Å². The van der Waals surface area contributed by atoms with Gasteiger partial charge in [0.1, 0.15) is 0 Å². The molecule has 1 fully saturated rings. The van der Waals surface area contributed by atoms with Crippen LogP contribution in [0.4, 0.5) is 0 Å². The average Bonchev–Trinajstić information content (AvgIpc) is 3.19. The van der Waals surface area contributed by atoms with Crippen LogP contribution in [0.3, 0.4) is 0 Å². The number of sulfonamides is 1. The molecule has 0 radical (unpaired) electrons. The Hall–Kier alpha value is -0.980. The Kier molecular flexibility index (Phi) is 3.99. The lowest BCUT2D eigenvalue weighted by Gasteiger charge is -2.19. The molecular formula is C12H19N3O2S. The van der Waals surface area contributed by atoms with Gasteiger partial charge in [0.2, 0.25) is 0 Å². The van der Waals surface area contributed by atoms with Crippen molar-refractivity contribution in [1.82, 2.24) is 9.29 Å². The molecule has 0 spiro atoms. The van der Waals surface area contributed by atoms with Gasteiger partial charge in [-0.25, -0.2) is 13.4 Å². The molecule has 1 saturated carbocycles. The Balaban J connectivity index is 2.21. The van der Waals surface area contributed by atoms with Crippen LogP contribution in [0.1, 0.15) is 25.3 Å². The van der Waals surface area contributed by atoms with E-state index in [2.05, 4.69) is 4.98 Å².